The smallest absolute Gasteiger partial charge is 0.337 e. The van der Waals surface area contributed by atoms with Crippen LogP contribution in [0.3, 0.4) is 0 Å². The zero-order chi connectivity index (χ0) is 14.5. The maximum Gasteiger partial charge on any atom is 0.337 e. The van der Waals surface area contributed by atoms with Crippen LogP contribution in [-0.4, -0.2) is 25.3 Å². The number of hydrogen-bond donors (Lipinski definition) is 0. The van der Waals surface area contributed by atoms with Gasteiger partial charge in [-0.3, -0.25) is 0 Å². The van der Waals surface area contributed by atoms with Gasteiger partial charge in [-0.2, -0.15) is 0 Å². The Kier molecular flexibility index (Phi) is 5.36. The van der Waals surface area contributed by atoms with Gasteiger partial charge in [0.2, 0.25) is 0 Å². The van der Waals surface area contributed by atoms with Gasteiger partial charge in [0.25, 0.3) is 0 Å². The second kappa shape index (κ2) is 6.57. The quantitative estimate of drug-likeness (QED) is 0.356. The average molecular weight is 277 g/mol. The van der Waals surface area contributed by atoms with Crippen LogP contribution in [0.5, 0.6) is 5.75 Å². The van der Waals surface area contributed by atoms with Crippen LogP contribution in [0.4, 0.5) is 0 Å². The van der Waals surface area contributed by atoms with Crippen LogP contribution in [0.1, 0.15) is 13.8 Å². The predicted molar refractivity (Wildman–Crippen MR) is 81.6 cm³/mol. The third-order valence-electron chi connectivity index (χ3n) is 2.84. The first-order chi connectivity index (χ1) is 8.84. The van der Waals surface area contributed by atoms with Crippen LogP contribution in [0.15, 0.2) is 42.1 Å². The topological polar surface area (TPSA) is 29.5 Å². The van der Waals surface area contributed by atoms with Crippen molar-refractivity contribution in [3.8, 4) is 5.75 Å². The van der Waals surface area contributed by atoms with Gasteiger partial charge in [0.1, 0.15) is 14.0 Å². The third-order valence-corrected chi connectivity index (χ3v) is 5.13. The number of rotatable bonds is 5. The van der Waals surface area contributed by atoms with E-state index in [2.05, 4.69) is 31.1 Å². The molecule has 1 aromatic rings. The second-order valence-corrected chi connectivity index (χ2v) is 10.3. The van der Waals surface area contributed by atoms with Gasteiger partial charge in [0.15, 0.2) is 0 Å². The van der Waals surface area contributed by atoms with Crippen LogP contribution in [0.2, 0.25) is 19.6 Å². The maximum atomic E-state index is 11.9. The highest BCUT2D eigenvalue weighted by Gasteiger charge is 2.23. The van der Waals surface area contributed by atoms with E-state index in [-0.39, 0.29) is 5.97 Å². The normalized spacial score (nSPS) is 12.2. The molecule has 0 fully saturated rings. The summed E-state index contributed by atoms with van der Waals surface area (Å²) < 4.78 is 7.57. The Morgan fingerprint density at radius 2 is 1.84 bits per heavy atom. The van der Waals surface area contributed by atoms with Crippen molar-refractivity contribution in [1.82, 2.24) is 4.57 Å². The van der Waals surface area contributed by atoms with E-state index >= 15 is 0 Å². The molecule has 0 aromatic heterocycles. The van der Waals surface area contributed by atoms with Gasteiger partial charge >= 0.3 is 5.97 Å². The van der Waals surface area contributed by atoms with Gasteiger partial charge in [0, 0.05) is 18.3 Å². The summed E-state index contributed by atoms with van der Waals surface area (Å²) in [5.74, 6) is 0.257. The molecule has 1 rings (SSSR count). The molecule has 4 heteroatoms. The van der Waals surface area contributed by atoms with Crippen LogP contribution in [0.25, 0.3) is 0 Å². The molecule has 0 radical (unpaired) electrons. The van der Waals surface area contributed by atoms with Crippen molar-refractivity contribution in [2.45, 2.75) is 33.5 Å². The Hall–Kier alpha value is -1.55. The highest BCUT2D eigenvalue weighted by molar-refractivity contribution is 6.73. The number of carbonyl (C=O) groups excluding carboxylic acids is 1. The van der Waals surface area contributed by atoms with Crippen LogP contribution >= 0.6 is 0 Å². The van der Waals surface area contributed by atoms with E-state index in [9.17, 15) is 4.79 Å². The van der Waals surface area contributed by atoms with Gasteiger partial charge in [-0.05, 0) is 26.0 Å². The van der Waals surface area contributed by atoms with Crippen molar-refractivity contribution < 1.29 is 9.53 Å². The summed E-state index contributed by atoms with van der Waals surface area (Å²) in [6, 6.07) is 9.13. The summed E-state index contributed by atoms with van der Waals surface area (Å²) >= 11 is 0. The summed E-state index contributed by atoms with van der Waals surface area (Å²) in [4.78, 5) is 11.9. The molecule has 0 bridgehead atoms. The molecule has 0 unspecified atom stereocenters. The molecule has 0 amide bonds. The summed E-state index contributed by atoms with van der Waals surface area (Å²) in [5.41, 5.74) is 0.975. The minimum atomic E-state index is -1.45. The van der Waals surface area contributed by atoms with Crippen molar-refractivity contribution >= 4 is 14.2 Å². The number of nitrogens with zero attached hydrogens (tertiary/aromatic N) is 1. The lowest BCUT2D eigenvalue weighted by molar-refractivity contribution is -0.129. The Bertz CT molecular complexity index is 449. The van der Waals surface area contributed by atoms with Crippen molar-refractivity contribution in [2.75, 3.05) is 6.54 Å². The van der Waals surface area contributed by atoms with E-state index in [0.717, 1.165) is 12.2 Å². The van der Waals surface area contributed by atoms with Crippen molar-refractivity contribution in [3.05, 3.63) is 42.1 Å². The molecule has 0 saturated heterocycles. The van der Waals surface area contributed by atoms with Gasteiger partial charge in [-0.25, -0.2) is 4.79 Å². The fourth-order valence-corrected chi connectivity index (χ4v) is 4.21. The fraction of sp³-hybridized carbons (Fsp3) is 0.400. The Morgan fingerprint density at radius 1 is 1.26 bits per heavy atom. The van der Waals surface area contributed by atoms with Gasteiger partial charge < -0.3 is 9.30 Å². The van der Waals surface area contributed by atoms with Crippen LogP contribution in [-0.2, 0) is 4.79 Å². The molecule has 0 N–H and O–H groups in total. The van der Waals surface area contributed by atoms with Gasteiger partial charge in [0.05, 0.1) is 0 Å². The predicted octanol–water partition coefficient (Wildman–Crippen LogP) is 3.65. The van der Waals surface area contributed by atoms with E-state index in [1.54, 1.807) is 18.2 Å². The minimum Gasteiger partial charge on any atom is -0.423 e. The molecule has 0 atom stereocenters. The average Bonchev–Trinajstić information content (AvgIpc) is 2.28. The molecular formula is C15H23NO2Si. The number of carbonyl (C=O) groups is 1. The van der Waals surface area contributed by atoms with Crippen molar-refractivity contribution in [3.63, 3.8) is 0 Å². The molecule has 0 saturated carbocycles. The molecule has 104 valence electrons. The second-order valence-electron chi connectivity index (χ2n) is 5.43. The number of hydrogen-bond acceptors (Lipinski definition) is 3. The number of benzene rings is 1. The largest absolute Gasteiger partial charge is 0.423 e. The maximum absolute atomic E-state index is 11.9. The first-order valence-corrected chi connectivity index (χ1v) is 10.0. The van der Waals surface area contributed by atoms with E-state index in [0.29, 0.717) is 5.75 Å². The molecule has 0 spiro atoms. The van der Waals surface area contributed by atoms with Gasteiger partial charge in [-0.15, -0.1) is 0 Å². The molecule has 3 nitrogen and oxygen atoms in total. The standard InChI is InChI=1S/C15H23NO2Si/c1-6-16(19(3,4)5)13(2)12-15(17)18-14-10-8-7-9-11-14/h7-12H,6H2,1-5H3. The fourth-order valence-electron chi connectivity index (χ4n) is 2.14. The van der Waals surface area contributed by atoms with E-state index < -0.39 is 8.24 Å². The Labute approximate surface area is 117 Å². The SMILES string of the molecule is CCN(C(C)=CC(=O)Oc1ccccc1)[Si](C)(C)C. The van der Waals surface area contributed by atoms with Crippen molar-refractivity contribution in [1.29, 1.82) is 0 Å². The van der Waals surface area contributed by atoms with Crippen LogP contribution in [0, 0.1) is 0 Å². The number of ether oxygens (including phenoxy) is 1. The third kappa shape index (κ3) is 4.91. The summed E-state index contributed by atoms with van der Waals surface area (Å²) in [7, 11) is -1.45. The van der Waals surface area contributed by atoms with E-state index in [1.807, 2.05) is 25.1 Å². The molecule has 0 aliphatic rings. The molecule has 19 heavy (non-hydrogen) atoms. The molecule has 0 aliphatic heterocycles. The monoisotopic (exact) mass is 277 g/mol. The molecule has 0 heterocycles. The summed E-state index contributed by atoms with van der Waals surface area (Å²) in [6.07, 6.45) is 1.58. The minimum absolute atomic E-state index is 0.319. The lowest BCUT2D eigenvalue weighted by Crippen LogP contribution is -2.44. The van der Waals surface area contributed by atoms with Crippen LogP contribution < -0.4 is 4.74 Å². The zero-order valence-corrected chi connectivity index (χ0v) is 13.4. The Morgan fingerprint density at radius 3 is 2.32 bits per heavy atom. The first-order valence-electron chi connectivity index (χ1n) is 6.57. The number of allylic oxidation sites excluding steroid dienone is 1. The van der Waals surface area contributed by atoms with Gasteiger partial charge in [-0.1, -0.05) is 37.8 Å². The zero-order valence-electron chi connectivity index (χ0n) is 12.4. The lowest BCUT2D eigenvalue weighted by Gasteiger charge is -2.35. The number of para-hydroxylation sites is 1. The molecular weight excluding hydrogens is 254 g/mol. The highest BCUT2D eigenvalue weighted by Crippen LogP contribution is 2.16. The highest BCUT2D eigenvalue weighted by atomic mass is 28.3. The molecule has 0 aliphatic carbocycles. The summed E-state index contributed by atoms with van der Waals surface area (Å²) in [5, 5.41) is 0. The van der Waals surface area contributed by atoms with E-state index in [1.165, 1.54) is 0 Å². The first kappa shape index (κ1) is 15.5. The number of esters is 1. The molecule has 1 aromatic carbocycles. The van der Waals surface area contributed by atoms with Crippen molar-refractivity contribution in [2.24, 2.45) is 0 Å². The Balaban J connectivity index is 2.75. The lowest BCUT2D eigenvalue weighted by atomic mass is 10.3. The summed E-state index contributed by atoms with van der Waals surface area (Å²) in [6.45, 7) is 11.8. The van der Waals surface area contributed by atoms with E-state index in [4.69, 9.17) is 4.74 Å².